The molecule has 0 unspecified atom stereocenters. The minimum atomic E-state index is -0.789. The Balaban J connectivity index is 0.00000196. The third kappa shape index (κ3) is 2.60. The van der Waals surface area contributed by atoms with Gasteiger partial charge in [0.25, 0.3) is 17.7 Å². The number of amides is 3. The molecule has 0 atom stereocenters. The van der Waals surface area contributed by atoms with Gasteiger partial charge in [0.1, 0.15) is 0 Å². The Hall–Kier alpha value is -2.65. The molecule has 0 aliphatic carbocycles. The molecule has 2 aliphatic rings. The normalized spacial score (nSPS) is 14.8. The fourth-order valence-corrected chi connectivity index (χ4v) is 2.80. The standard InChI is InChI=1S/C16H8N3O6.Y/c20-12-7-25-11-6-5-10(14(19(23)24)13(11)17-12)18-15(21)8-3-1-2-4-9(8)16(18)22;/h1-4,6H,7H2,(H,17,20);/q-1;. The quantitative estimate of drug-likeness (QED) is 0.336. The van der Waals surface area contributed by atoms with Gasteiger partial charge in [-0.25, -0.2) is 0 Å². The second-order valence-corrected chi connectivity index (χ2v) is 5.31. The molecule has 2 aromatic carbocycles. The first-order chi connectivity index (χ1) is 12.0. The number of imide groups is 1. The van der Waals surface area contributed by atoms with Crippen molar-refractivity contribution in [3.05, 3.63) is 57.6 Å². The average molecular weight is 427 g/mol. The molecule has 2 aliphatic heterocycles. The molecule has 26 heavy (non-hydrogen) atoms. The number of nitro benzene ring substituents is 1. The van der Waals surface area contributed by atoms with Gasteiger partial charge in [0.15, 0.2) is 6.61 Å². The smallest absolute Gasteiger partial charge is 0.264 e. The van der Waals surface area contributed by atoms with Crippen LogP contribution in [-0.4, -0.2) is 29.3 Å². The van der Waals surface area contributed by atoms with E-state index < -0.39 is 28.3 Å². The number of hydrogen-bond donors (Lipinski definition) is 1. The summed E-state index contributed by atoms with van der Waals surface area (Å²) < 4.78 is 5.12. The van der Waals surface area contributed by atoms with Gasteiger partial charge in [0.05, 0.1) is 16.8 Å². The minimum Gasteiger partial charge on any atom is -0.539 e. The Morgan fingerprint density at radius 2 is 1.77 bits per heavy atom. The molecule has 2 heterocycles. The zero-order chi connectivity index (χ0) is 17.7. The molecule has 3 amide bonds. The summed E-state index contributed by atoms with van der Waals surface area (Å²) >= 11 is 0. The summed E-state index contributed by atoms with van der Waals surface area (Å²) in [5.74, 6) is -1.91. The third-order valence-corrected chi connectivity index (χ3v) is 3.87. The second-order valence-electron chi connectivity index (χ2n) is 5.31. The Morgan fingerprint density at radius 1 is 1.15 bits per heavy atom. The van der Waals surface area contributed by atoms with Crippen LogP contribution in [0.25, 0.3) is 0 Å². The Bertz CT molecular complexity index is 955. The SMILES string of the molecule is O=C1COc2c[c-]c(N3C(=O)c4ccccc4C3=O)c([N+](=O)[O-])c2N1.[Y]. The summed E-state index contributed by atoms with van der Waals surface area (Å²) in [6, 6.07) is 9.92. The summed E-state index contributed by atoms with van der Waals surface area (Å²) in [7, 11) is 0. The van der Waals surface area contributed by atoms with Crippen LogP contribution < -0.4 is 15.0 Å². The maximum Gasteiger partial charge on any atom is 0.264 e. The molecular formula is C16H8N3O6Y-. The first-order valence-corrected chi connectivity index (χ1v) is 7.12. The van der Waals surface area contributed by atoms with Crippen molar-refractivity contribution in [2.45, 2.75) is 0 Å². The van der Waals surface area contributed by atoms with Crippen LogP contribution in [-0.2, 0) is 37.5 Å². The fraction of sp³-hybridized carbons (Fsp3) is 0.0625. The molecule has 4 rings (SSSR count). The van der Waals surface area contributed by atoms with Crippen molar-refractivity contribution in [3.8, 4) is 5.75 Å². The molecule has 0 saturated carbocycles. The van der Waals surface area contributed by atoms with Gasteiger partial charge >= 0.3 is 0 Å². The van der Waals surface area contributed by atoms with Gasteiger partial charge in [-0.05, 0) is 12.1 Å². The van der Waals surface area contributed by atoms with Crippen LogP contribution in [0.5, 0.6) is 5.75 Å². The second kappa shape index (κ2) is 6.58. The van der Waals surface area contributed by atoms with E-state index in [1.165, 1.54) is 18.2 Å². The summed E-state index contributed by atoms with van der Waals surface area (Å²) in [4.78, 5) is 48.1. The maximum absolute atomic E-state index is 12.6. The van der Waals surface area contributed by atoms with Crippen molar-refractivity contribution < 1.29 is 56.8 Å². The van der Waals surface area contributed by atoms with Crippen molar-refractivity contribution in [1.82, 2.24) is 0 Å². The summed E-state index contributed by atoms with van der Waals surface area (Å²) in [5, 5.41) is 13.9. The molecule has 0 saturated heterocycles. The van der Waals surface area contributed by atoms with E-state index in [-0.39, 0.29) is 67.6 Å². The molecule has 0 bridgehead atoms. The number of fused-ring (bicyclic) bond motifs is 2. The van der Waals surface area contributed by atoms with Crippen LogP contribution in [0.3, 0.4) is 0 Å². The van der Waals surface area contributed by atoms with Gasteiger partial charge in [-0.3, -0.25) is 29.4 Å². The van der Waals surface area contributed by atoms with Crippen molar-refractivity contribution in [2.24, 2.45) is 0 Å². The minimum absolute atomic E-state index is 0. The third-order valence-electron chi connectivity index (χ3n) is 3.87. The molecule has 2 aromatic rings. The molecular weight excluding hydrogens is 419 g/mol. The number of carbonyl (C=O) groups excluding carboxylic acids is 3. The van der Waals surface area contributed by atoms with E-state index in [1.54, 1.807) is 12.1 Å². The van der Waals surface area contributed by atoms with E-state index in [2.05, 4.69) is 11.4 Å². The first-order valence-electron chi connectivity index (χ1n) is 7.12. The van der Waals surface area contributed by atoms with Gasteiger partial charge in [0, 0.05) is 49.1 Å². The zero-order valence-corrected chi connectivity index (χ0v) is 15.9. The van der Waals surface area contributed by atoms with Crippen LogP contribution in [0.2, 0.25) is 0 Å². The van der Waals surface area contributed by atoms with Crippen LogP contribution in [0.15, 0.2) is 30.3 Å². The van der Waals surface area contributed by atoms with Crippen LogP contribution in [0.4, 0.5) is 17.1 Å². The van der Waals surface area contributed by atoms with E-state index in [0.29, 0.717) is 4.90 Å². The summed E-state index contributed by atoms with van der Waals surface area (Å²) in [5.41, 5.74) is -0.881. The largest absolute Gasteiger partial charge is 0.539 e. The molecule has 10 heteroatoms. The number of benzene rings is 2. The first kappa shape index (κ1) is 18.2. The van der Waals surface area contributed by atoms with Crippen molar-refractivity contribution in [2.75, 3.05) is 16.8 Å². The Morgan fingerprint density at radius 3 is 2.35 bits per heavy atom. The predicted octanol–water partition coefficient (Wildman–Crippen LogP) is 1.52. The Kier molecular flexibility index (Phi) is 4.60. The van der Waals surface area contributed by atoms with Crippen molar-refractivity contribution in [1.29, 1.82) is 0 Å². The monoisotopic (exact) mass is 427 g/mol. The molecule has 0 fully saturated rings. The number of anilines is 2. The van der Waals surface area contributed by atoms with Gasteiger partial charge < -0.3 is 10.1 Å². The van der Waals surface area contributed by atoms with Gasteiger partial charge in [-0.2, -0.15) is 0 Å². The number of nitrogens with zero attached hydrogens (tertiary/aromatic N) is 2. The summed E-state index contributed by atoms with van der Waals surface area (Å²) in [6.07, 6.45) is 0. The van der Waals surface area contributed by atoms with Crippen molar-refractivity contribution in [3.63, 3.8) is 0 Å². The molecule has 1 radical (unpaired) electrons. The van der Waals surface area contributed by atoms with Crippen LogP contribution in [0.1, 0.15) is 20.7 Å². The van der Waals surface area contributed by atoms with Crippen LogP contribution in [0, 0.1) is 16.2 Å². The van der Waals surface area contributed by atoms with Crippen molar-refractivity contribution >= 4 is 34.8 Å². The molecule has 9 nitrogen and oxygen atoms in total. The fourth-order valence-electron chi connectivity index (χ4n) is 2.80. The van der Waals surface area contributed by atoms with Gasteiger partial charge in [-0.1, -0.05) is 12.1 Å². The molecule has 0 spiro atoms. The van der Waals surface area contributed by atoms with Gasteiger partial charge in [-0.15, -0.1) is 12.1 Å². The van der Waals surface area contributed by atoms with Gasteiger partial charge in [0.2, 0.25) is 5.69 Å². The molecule has 1 N–H and O–H groups in total. The number of nitro groups is 1. The zero-order valence-electron chi connectivity index (χ0n) is 13.0. The summed E-state index contributed by atoms with van der Waals surface area (Å²) in [6.45, 7) is -0.287. The van der Waals surface area contributed by atoms with E-state index in [9.17, 15) is 24.5 Å². The van der Waals surface area contributed by atoms with E-state index in [1.807, 2.05) is 0 Å². The number of hydrogen-bond acceptors (Lipinski definition) is 6. The topological polar surface area (TPSA) is 119 Å². The number of ether oxygens (including phenoxy) is 1. The molecule has 0 aromatic heterocycles. The Labute approximate surface area is 171 Å². The molecule has 127 valence electrons. The average Bonchev–Trinajstić information content (AvgIpc) is 2.85. The number of rotatable bonds is 2. The van der Waals surface area contributed by atoms with E-state index in [4.69, 9.17) is 4.74 Å². The van der Waals surface area contributed by atoms with E-state index >= 15 is 0 Å². The maximum atomic E-state index is 12.6. The van der Waals surface area contributed by atoms with Crippen LogP contribution >= 0.6 is 0 Å². The number of carbonyl (C=O) groups is 3. The van der Waals surface area contributed by atoms with E-state index in [0.717, 1.165) is 0 Å². The predicted molar refractivity (Wildman–Crippen MR) is 83.6 cm³/mol. The number of nitrogens with one attached hydrogen (secondary N) is 1.